The molecule has 0 unspecified atom stereocenters. The number of carbonyl (C=O) groups is 2. The molecule has 3 N–H and O–H groups in total. The topological polar surface area (TPSA) is 141 Å². The van der Waals surface area contributed by atoms with Crippen LogP contribution in [0.5, 0.6) is 0 Å². The van der Waals surface area contributed by atoms with E-state index in [9.17, 15) is 19.2 Å². The summed E-state index contributed by atoms with van der Waals surface area (Å²) in [7, 11) is 0. The van der Waals surface area contributed by atoms with Crippen LogP contribution in [0.3, 0.4) is 0 Å². The number of amides is 1. The number of aryl methyl sites for hydroxylation is 1. The Kier molecular flexibility index (Phi) is 3.88. The molecule has 3 rings (SSSR count). The van der Waals surface area contributed by atoms with Gasteiger partial charge in [-0.25, -0.2) is 4.79 Å². The van der Waals surface area contributed by atoms with E-state index in [0.29, 0.717) is 18.4 Å². The fourth-order valence-electron chi connectivity index (χ4n) is 2.68. The molecule has 1 aromatic carbocycles. The first-order chi connectivity index (χ1) is 11.8. The van der Waals surface area contributed by atoms with Gasteiger partial charge >= 0.3 is 5.97 Å². The number of carbonyl (C=O) groups excluding carboxylic acids is 1. The van der Waals surface area contributed by atoms with Crippen molar-refractivity contribution in [1.82, 2.24) is 0 Å². The van der Waals surface area contributed by atoms with Crippen molar-refractivity contribution in [3.8, 4) is 0 Å². The van der Waals surface area contributed by atoms with Crippen molar-refractivity contribution in [3.05, 3.63) is 55.7 Å². The zero-order valence-corrected chi connectivity index (χ0v) is 13.1. The number of carboxylic acid groups (broad SMARTS) is 1. The zero-order chi connectivity index (χ0) is 18.3. The molecule has 0 aliphatic carbocycles. The van der Waals surface area contributed by atoms with E-state index in [2.05, 4.69) is 0 Å². The minimum atomic E-state index is -1.39. The molecule has 2 heterocycles. The number of benzene rings is 1. The highest BCUT2D eigenvalue weighted by molar-refractivity contribution is 5.99. The lowest BCUT2D eigenvalue weighted by Gasteiger charge is -2.09. The van der Waals surface area contributed by atoms with Crippen LogP contribution in [0.4, 0.5) is 0 Å². The highest BCUT2D eigenvalue weighted by Crippen LogP contribution is 2.28. The van der Waals surface area contributed by atoms with Crippen LogP contribution in [0.1, 0.15) is 40.0 Å². The summed E-state index contributed by atoms with van der Waals surface area (Å²) in [5.41, 5.74) is 4.47. The maximum Gasteiger partial charge on any atom is 0.371 e. The number of nitrogens with two attached hydrogens (primary N) is 1. The van der Waals surface area contributed by atoms with Crippen LogP contribution >= 0.6 is 0 Å². The standard InChI is InChI=1S/C17H13NO7/c1-2-3-7-14-8(10(19)5-12(24-14)16(18)21)4-9-11(20)6-13(17(22)23)25-15(7)9/h4-6H,2-3H2,1H3,(H2,18,21)(H,22,23). The molecule has 0 fully saturated rings. The second-order valence-corrected chi connectivity index (χ2v) is 5.48. The number of primary amides is 1. The first-order valence-electron chi connectivity index (χ1n) is 7.44. The van der Waals surface area contributed by atoms with Crippen molar-refractivity contribution < 1.29 is 23.5 Å². The number of aromatic carboxylic acids is 1. The molecule has 0 radical (unpaired) electrons. The van der Waals surface area contributed by atoms with Crippen molar-refractivity contribution in [3.63, 3.8) is 0 Å². The van der Waals surface area contributed by atoms with E-state index in [4.69, 9.17) is 19.7 Å². The Hall–Kier alpha value is -3.42. The fourth-order valence-corrected chi connectivity index (χ4v) is 2.68. The van der Waals surface area contributed by atoms with Gasteiger partial charge in [-0.3, -0.25) is 14.4 Å². The van der Waals surface area contributed by atoms with Crippen LogP contribution < -0.4 is 16.6 Å². The van der Waals surface area contributed by atoms with Gasteiger partial charge in [-0.05, 0) is 12.5 Å². The summed E-state index contributed by atoms with van der Waals surface area (Å²) in [6.07, 6.45) is 0.935. The number of hydrogen-bond acceptors (Lipinski definition) is 6. The van der Waals surface area contributed by atoms with E-state index in [-0.39, 0.29) is 27.7 Å². The summed E-state index contributed by atoms with van der Waals surface area (Å²) in [5.74, 6) is -3.16. The molecule has 0 saturated carbocycles. The summed E-state index contributed by atoms with van der Waals surface area (Å²) in [4.78, 5) is 47.1. The molecule has 3 aromatic rings. The molecule has 0 saturated heterocycles. The van der Waals surface area contributed by atoms with Gasteiger partial charge in [0.2, 0.25) is 5.76 Å². The normalized spacial score (nSPS) is 11.1. The molecular formula is C17H13NO7. The molecule has 0 atom stereocenters. The molecule has 128 valence electrons. The predicted molar refractivity (Wildman–Crippen MR) is 88.0 cm³/mol. The molecule has 8 heteroatoms. The Morgan fingerprint density at radius 1 is 1.00 bits per heavy atom. The maximum absolute atomic E-state index is 12.3. The van der Waals surface area contributed by atoms with Gasteiger partial charge in [-0.2, -0.15) is 0 Å². The second kappa shape index (κ2) is 5.90. The molecule has 25 heavy (non-hydrogen) atoms. The second-order valence-electron chi connectivity index (χ2n) is 5.48. The van der Waals surface area contributed by atoms with E-state index in [1.54, 1.807) is 0 Å². The zero-order valence-electron chi connectivity index (χ0n) is 13.1. The third-order valence-electron chi connectivity index (χ3n) is 3.76. The third-order valence-corrected chi connectivity index (χ3v) is 3.76. The fraction of sp³-hybridized carbons (Fsp3) is 0.176. The Labute approximate surface area is 139 Å². The summed E-state index contributed by atoms with van der Waals surface area (Å²) in [5, 5.41) is 9.26. The predicted octanol–water partition coefficient (Wildman–Crippen LogP) is 1.65. The number of carboxylic acids is 1. The van der Waals surface area contributed by atoms with Gasteiger partial charge in [-0.15, -0.1) is 0 Å². The van der Waals surface area contributed by atoms with Crippen LogP contribution in [0.15, 0.2) is 36.6 Å². The molecule has 0 bridgehead atoms. The van der Waals surface area contributed by atoms with Gasteiger partial charge in [0.05, 0.1) is 10.8 Å². The molecule has 0 spiro atoms. The number of hydrogen-bond donors (Lipinski definition) is 2. The van der Waals surface area contributed by atoms with E-state index in [1.165, 1.54) is 6.07 Å². The summed E-state index contributed by atoms with van der Waals surface area (Å²) >= 11 is 0. The van der Waals surface area contributed by atoms with Gasteiger partial charge in [-0.1, -0.05) is 13.3 Å². The Morgan fingerprint density at radius 3 is 2.00 bits per heavy atom. The van der Waals surface area contributed by atoms with Gasteiger partial charge in [0.15, 0.2) is 16.6 Å². The van der Waals surface area contributed by atoms with Crippen LogP contribution in [0, 0.1) is 0 Å². The smallest absolute Gasteiger partial charge is 0.371 e. The minimum absolute atomic E-state index is 0.0176. The highest BCUT2D eigenvalue weighted by Gasteiger charge is 2.20. The van der Waals surface area contributed by atoms with Gasteiger partial charge < -0.3 is 19.7 Å². The Bertz CT molecular complexity index is 1070. The average molecular weight is 343 g/mol. The van der Waals surface area contributed by atoms with Gasteiger partial charge in [0, 0.05) is 17.7 Å². The molecule has 0 aliphatic heterocycles. The first kappa shape index (κ1) is 16.4. The van der Waals surface area contributed by atoms with Crippen LogP contribution in [-0.2, 0) is 6.42 Å². The highest BCUT2D eigenvalue weighted by atomic mass is 16.4. The van der Waals surface area contributed by atoms with E-state index >= 15 is 0 Å². The van der Waals surface area contributed by atoms with E-state index in [0.717, 1.165) is 12.1 Å². The van der Waals surface area contributed by atoms with Gasteiger partial charge in [0.1, 0.15) is 11.2 Å². The summed E-state index contributed by atoms with van der Waals surface area (Å²) < 4.78 is 10.8. The lowest BCUT2D eigenvalue weighted by Crippen LogP contribution is -2.15. The number of rotatable bonds is 4. The van der Waals surface area contributed by atoms with E-state index in [1.807, 2.05) is 6.92 Å². The van der Waals surface area contributed by atoms with Crippen molar-refractivity contribution in [2.45, 2.75) is 19.8 Å². The Morgan fingerprint density at radius 2 is 1.52 bits per heavy atom. The first-order valence-corrected chi connectivity index (χ1v) is 7.44. The van der Waals surface area contributed by atoms with Crippen molar-refractivity contribution in [2.24, 2.45) is 5.73 Å². The third kappa shape index (κ3) is 2.67. The van der Waals surface area contributed by atoms with Gasteiger partial charge in [0.25, 0.3) is 5.91 Å². The monoisotopic (exact) mass is 343 g/mol. The number of fused-ring (bicyclic) bond motifs is 2. The molecule has 2 aromatic heterocycles. The van der Waals surface area contributed by atoms with Crippen molar-refractivity contribution in [1.29, 1.82) is 0 Å². The summed E-state index contributed by atoms with van der Waals surface area (Å²) in [6.45, 7) is 1.85. The van der Waals surface area contributed by atoms with Crippen molar-refractivity contribution in [2.75, 3.05) is 0 Å². The molecular weight excluding hydrogens is 330 g/mol. The SMILES string of the molecule is CCCc1c2oc(C(N)=O)cc(=O)c2cc2c(=O)cc(C(=O)O)oc12. The van der Waals surface area contributed by atoms with Crippen LogP contribution in [-0.4, -0.2) is 17.0 Å². The lowest BCUT2D eigenvalue weighted by atomic mass is 10.0. The molecule has 8 nitrogen and oxygen atoms in total. The largest absolute Gasteiger partial charge is 0.475 e. The summed E-state index contributed by atoms with van der Waals surface area (Å²) in [6, 6.07) is 3.09. The minimum Gasteiger partial charge on any atom is -0.475 e. The van der Waals surface area contributed by atoms with E-state index < -0.39 is 28.5 Å². The van der Waals surface area contributed by atoms with Crippen LogP contribution in [0.25, 0.3) is 21.9 Å². The average Bonchev–Trinajstić information content (AvgIpc) is 2.55. The van der Waals surface area contributed by atoms with Crippen molar-refractivity contribution >= 4 is 33.8 Å². The molecule has 1 amide bonds. The maximum atomic E-state index is 12.3. The molecule has 0 aliphatic rings. The lowest BCUT2D eigenvalue weighted by molar-refractivity contribution is 0.0662. The van der Waals surface area contributed by atoms with Crippen LogP contribution in [0.2, 0.25) is 0 Å². The Balaban J connectivity index is 2.57. The quantitative estimate of drug-likeness (QED) is 0.686.